The van der Waals surface area contributed by atoms with Crippen molar-refractivity contribution in [1.29, 1.82) is 0 Å². The molecule has 0 aliphatic rings. The Morgan fingerprint density at radius 3 is 0.681 bits per heavy atom. The normalized spacial score (nSPS) is 14.2. The molecule has 0 aliphatic carbocycles. The summed E-state index contributed by atoms with van der Waals surface area (Å²) in [6, 6.07) is 0. The van der Waals surface area contributed by atoms with Gasteiger partial charge in [-0.3, -0.25) is 37.3 Å². The molecular formula is C72H140O17P2. The number of phosphoric acid groups is 2. The third-order valence-electron chi connectivity index (χ3n) is 16.6. The van der Waals surface area contributed by atoms with Gasteiger partial charge in [-0.05, 0) is 49.4 Å². The Morgan fingerprint density at radius 2 is 0.462 bits per heavy atom. The second kappa shape index (κ2) is 61.6. The maximum absolute atomic E-state index is 13.0. The summed E-state index contributed by atoms with van der Waals surface area (Å²) in [4.78, 5) is 72.5. The molecule has 0 spiro atoms. The molecule has 17 nitrogen and oxygen atoms in total. The van der Waals surface area contributed by atoms with Crippen molar-refractivity contribution >= 4 is 39.5 Å². The van der Waals surface area contributed by atoms with E-state index in [2.05, 4.69) is 55.4 Å². The number of aliphatic hydroxyl groups excluding tert-OH is 1. The molecular weight excluding hydrogens is 1200 g/mol. The van der Waals surface area contributed by atoms with Gasteiger partial charge in [0.2, 0.25) is 0 Å². The first-order chi connectivity index (χ1) is 43.6. The van der Waals surface area contributed by atoms with E-state index < -0.39 is 97.5 Å². The summed E-state index contributed by atoms with van der Waals surface area (Å²) in [6.45, 7) is 14.0. The van der Waals surface area contributed by atoms with Crippen LogP contribution < -0.4 is 0 Å². The van der Waals surface area contributed by atoms with Crippen molar-refractivity contribution in [2.75, 3.05) is 39.6 Å². The number of hydrogen-bond acceptors (Lipinski definition) is 15. The fourth-order valence-corrected chi connectivity index (χ4v) is 12.4. The minimum absolute atomic E-state index is 0.102. The van der Waals surface area contributed by atoms with E-state index in [1.807, 2.05) is 0 Å². The van der Waals surface area contributed by atoms with E-state index in [1.165, 1.54) is 154 Å². The highest BCUT2D eigenvalue weighted by atomic mass is 31.2. The second-order valence-corrected chi connectivity index (χ2v) is 30.8. The predicted molar refractivity (Wildman–Crippen MR) is 367 cm³/mol. The van der Waals surface area contributed by atoms with Crippen LogP contribution in [0.15, 0.2) is 0 Å². The molecule has 0 heterocycles. The van der Waals surface area contributed by atoms with Gasteiger partial charge in [-0.1, -0.05) is 306 Å². The van der Waals surface area contributed by atoms with Gasteiger partial charge in [0.05, 0.1) is 26.4 Å². The first kappa shape index (κ1) is 89.1. The van der Waals surface area contributed by atoms with E-state index in [0.717, 1.165) is 108 Å². The Morgan fingerprint density at radius 1 is 0.275 bits per heavy atom. The molecule has 0 saturated heterocycles. The summed E-state index contributed by atoms with van der Waals surface area (Å²) < 4.78 is 68.2. The lowest BCUT2D eigenvalue weighted by Gasteiger charge is -2.21. The molecule has 0 aromatic carbocycles. The molecule has 3 N–H and O–H groups in total. The standard InChI is InChI=1S/C72H140O17P2/c1-62(2)48-40-32-24-19-17-15-13-11-9-10-12-14-16-18-20-27-36-44-52-69(74)82-58-67(88-71(76)54-46-38-28-22-21-25-33-41-49-63(3)4)60-86-90(78,79)84-56-66(73)57-85-91(80,81)87-61-68(59-83-70(75)53-45-37-31-30-35-43-51-65(7)8)89-72(77)55-47-39-29-23-26-34-42-50-64(5)6/h62-68,73H,9-61H2,1-8H3,(H,78,79)(H,80,81)/t66-,67-,68-/m1/s1. The average molecular weight is 1340 g/mol. The van der Waals surface area contributed by atoms with Crippen LogP contribution in [0.1, 0.15) is 357 Å². The lowest BCUT2D eigenvalue weighted by Crippen LogP contribution is -2.30. The molecule has 540 valence electrons. The highest BCUT2D eigenvalue weighted by Crippen LogP contribution is 2.45. The van der Waals surface area contributed by atoms with Gasteiger partial charge < -0.3 is 33.8 Å². The van der Waals surface area contributed by atoms with Crippen LogP contribution in [0.4, 0.5) is 0 Å². The largest absolute Gasteiger partial charge is 0.472 e. The summed E-state index contributed by atoms with van der Waals surface area (Å²) in [6.07, 6.45) is 45.0. The van der Waals surface area contributed by atoms with E-state index in [9.17, 15) is 43.2 Å². The number of esters is 4. The summed E-state index contributed by atoms with van der Waals surface area (Å²) >= 11 is 0. The number of hydrogen-bond donors (Lipinski definition) is 3. The van der Waals surface area contributed by atoms with Crippen LogP contribution >= 0.6 is 15.6 Å². The molecule has 0 aromatic rings. The van der Waals surface area contributed by atoms with Gasteiger partial charge in [0.25, 0.3) is 0 Å². The second-order valence-electron chi connectivity index (χ2n) is 27.9. The third kappa shape index (κ3) is 66.5. The quantitative estimate of drug-likeness (QED) is 0.0222. The summed E-state index contributed by atoms with van der Waals surface area (Å²) in [5.41, 5.74) is 0. The summed E-state index contributed by atoms with van der Waals surface area (Å²) in [7, 11) is -9.90. The molecule has 19 heteroatoms. The molecule has 0 aliphatic heterocycles. The van der Waals surface area contributed by atoms with Gasteiger partial charge in [-0.2, -0.15) is 0 Å². The van der Waals surface area contributed by atoms with Crippen LogP contribution in [0.2, 0.25) is 0 Å². The van der Waals surface area contributed by atoms with E-state index in [-0.39, 0.29) is 25.7 Å². The Hall–Kier alpha value is -1.94. The molecule has 0 aromatic heterocycles. The van der Waals surface area contributed by atoms with Gasteiger partial charge in [0.15, 0.2) is 12.2 Å². The minimum Gasteiger partial charge on any atom is -0.462 e. The van der Waals surface area contributed by atoms with Gasteiger partial charge in [0.1, 0.15) is 19.3 Å². The zero-order chi connectivity index (χ0) is 67.5. The van der Waals surface area contributed by atoms with Gasteiger partial charge >= 0.3 is 39.5 Å². The molecule has 0 bridgehead atoms. The van der Waals surface area contributed by atoms with Crippen molar-refractivity contribution in [3.05, 3.63) is 0 Å². The zero-order valence-electron chi connectivity index (χ0n) is 59.5. The van der Waals surface area contributed by atoms with Crippen LogP contribution in [-0.2, 0) is 65.4 Å². The SMILES string of the molecule is CC(C)CCCCCCCCCCCCCCCCCCCCC(=O)OC[C@H](COP(=O)(O)OC[C@@H](O)COP(=O)(O)OC[C@@H](COC(=O)CCCCCCCCC(C)C)OC(=O)CCCCCCCCCC(C)C)OC(=O)CCCCCCCCCCC(C)C. The molecule has 0 rings (SSSR count). The number of ether oxygens (including phenoxy) is 4. The molecule has 91 heavy (non-hydrogen) atoms. The highest BCUT2D eigenvalue weighted by molar-refractivity contribution is 7.47. The van der Waals surface area contributed by atoms with Gasteiger partial charge in [-0.25, -0.2) is 9.13 Å². The Bertz CT molecular complexity index is 1800. The van der Waals surface area contributed by atoms with Crippen LogP contribution in [0, 0.1) is 23.7 Å². The van der Waals surface area contributed by atoms with Crippen LogP contribution in [-0.4, -0.2) is 96.7 Å². The monoisotopic (exact) mass is 1340 g/mol. The smallest absolute Gasteiger partial charge is 0.462 e. The van der Waals surface area contributed by atoms with Crippen molar-refractivity contribution in [1.82, 2.24) is 0 Å². The third-order valence-corrected chi connectivity index (χ3v) is 18.5. The summed E-state index contributed by atoms with van der Waals surface area (Å²) in [5, 5.41) is 10.6. The maximum atomic E-state index is 13.0. The summed E-state index contributed by atoms with van der Waals surface area (Å²) in [5.74, 6) is 0.783. The molecule has 0 saturated carbocycles. The predicted octanol–water partition coefficient (Wildman–Crippen LogP) is 20.5. The van der Waals surface area contributed by atoms with Crippen LogP contribution in [0.25, 0.3) is 0 Å². The van der Waals surface area contributed by atoms with E-state index in [1.54, 1.807) is 0 Å². The Kier molecular flexibility index (Phi) is 60.3. The molecule has 5 atom stereocenters. The fraction of sp³-hybridized carbons (Fsp3) is 0.944. The van der Waals surface area contributed by atoms with Crippen molar-refractivity contribution < 1.29 is 80.2 Å². The van der Waals surface area contributed by atoms with Gasteiger partial charge in [0, 0.05) is 25.7 Å². The van der Waals surface area contributed by atoms with E-state index in [0.29, 0.717) is 37.5 Å². The highest BCUT2D eigenvalue weighted by Gasteiger charge is 2.30. The molecule has 2 unspecified atom stereocenters. The number of carbonyl (C=O) groups excluding carboxylic acids is 4. The van der Waals surface area contributed by atoms with E-state index >= 15 is 0 Å². The minimum atomic E-state index is -4.95. The van der Waals surface area contributed by atoms with E-state index in [4.69, 9.17) is 37.0 Å². The zero-order valence-corrected chi connectivity index (χ0v) is 61.3. The van der Waals surface area contributed by atoms with Crippen molar-refractivity contribution in [3.8, 4) is 0 Å². The molecule has 0 fully saturated rings. The fourth-order valence-electron chi connectivity index (χ4n) is 10.8. The lowest BCUT2D eigenvalue weighted by atomic mass is 10.0. The Labute approximate surface area is 556 Å². The first-order valence-corrected chi connectivity index (χ1v) is 40.2. The van der Waals surface area contributed by atoms with Crippen LogP contribution in [0.5, 0.6) is 0 Å². The number of rotatable bonds is 69. The van der Waals surface area contributed by atoms with Gasteiger partial charge in [-0.15, -0.1) is 0 Å². The van der Waals surface area contributed by atoms with Crippen LogP contribution in [0.3, 0.4) is 0 Å². The van der Waals surface area contributed by atoms with Crippen molar-refractivity contribution in [3.63, 3.8) is 0 Å². The topological polar surface area (TPSA) is 237 Å². The number of aliphatic hydroxyl groups is 1. The van der Waals surface area contributed by atoms with Crippen molar-refractivity contribution in [2.45, 2.75) is 375 Å². The van der Waals surface area contributed by atoms with Crippen molar-refractivity contribution in [2.24, 2.45) is 23.7 Å². The number of unbranched alkanes of at least 4 members (excludes halogenated alkanes) is 35. The average Bonchev–Trinajstić information content (AvgIpc) is 3.69. The number of carbonyl (C=O) groups is 4. The maximum Gasteiger partial charge on any atom is 0.472 e. The molecule has 0 amide bonds. The lowest BCUT2D eigenvalue weighted by molar-refractivity contribution is -0.161. The first-order valence-electron chi connectivity index (χ1n) is 37.2. The Balaban J connectivity index is 5.13. The molecule has 0 radical (unpaired) electrons. The number of phosphoric ester groups is 2.